The van der Waals surface area contributed by atoms with Gasteiger partial charge in [-0.3, -0.25) is 4.79 Å². The maximum atomic E-state index is 12.2. The van der Waals surface area contributed by atoms with E-state index in [0.29, 0.717) is 6.54 Å². The molecule has 1 aromatic carbocycles. The third-order valence-electron chi connectivity index (χ3n) is 3.39. The highest BCUT2D eigenvalue weighted by atomic mass is 16.3. The minimum absolute atomic E-state index is 0.0323. The Morgan fingerprint density at radius 2 is 2.26 bits per heavy atom. The molecule has 19 heavy (non-hydrogen) atoms. The van der Waals surface area contributed by atoms with Gasteiger partial charge in [-0.05, 0) is 42.3 Å². The van der Waals surface area contributed by atoms with E-state index in [1.54, 1.807) is 6.26 Å². The van der Waals surface area contributed by atoms with Gasteiger partial charge in [0.1, 0.15) is 5.76 Å². The van der Waals surface area contributed by atoms with Crippen LogP contribution in [0.15, 0.2) is 41.0 Å². The molecule has 3 rings (SSSR count). The lowest BCUT2D eigenvalue weighted by molar-refractivity contribution is 0.0947. The summed E-state index contributed by atoms with van der Waals surface area (Å²) < 4.78 is 5.21. The minimum atomic E-state index is -0.0323. The van der Waals surface area contributed by atoms with E-state index in [-0.39, 0.29) is 5.91 Å². The van der Waals surface area contributed by atoms with Crippen LogP contribution >= 0.6 is 0 Å². The summed E-state index contributed by atoms with van der Waals surface area (Å²) >= 11 is 0. The lowest BCUT2D eigenvalue weighted by Gasteiger charge is -2.19. The van der Waals surface area contributed by atoms with Gasteiger partial charge in [-0.15, -0.1) is 0 Å². The first kappa shape index (κ1) is 12.0. The molecule has 0 unspecified atom stereocenters. The van der Waals surface area contributed by atoms with Gasteiger partial charge < -0.3 is 15.1 Å². The summed E-state index contributed by atoms with van der Waals surface area (Å²) in [7, 11) is 0. The second-order valence-electron chi connectivity index (χ2n) is 4.63. The summed E-state index contributed by atoms with van der Waals surface area (Å²) in [4.78, 5) is 12.2. The fourth-order valence-corrected chi connectivity index (χ4v) is 2.42. The molecule has 0 bridgehead atoms. The second kappa shape index (κ2) is 5.28. The van der Waals surface area contributed by atoms with E-state index < -0.39 is 0 Å². The van der Waals surface area contributed by atoms with Crippen molar-refractivity contribution in [2.24, 2.45) is 0 Å². The fraction of sp³-hybridized carbons (Fsp3) is 0.267. The van der Waals surface area contributed by atoms with Crippen molar-refractivity contribution in [3.63, 3.8) is 0 Å². The summed E-state index contributed by atoms with van der Waals surface area (Å²) in [5, 5.41) is 6.21. The molecule has 4 heteroatoms. The average Bonchev–Trinajstić information content (AvgIpc) is 2.97. The van der Waals surface area contributed by atoms with Gasteiger partial charge in [-0.1, -0.05) is 12.1 Å². The van der Waals surface area contributed by atoms with Gasteiger partial charge in [0.25, 0.3) is 5.91 Å². The molecule has 0 radical (unpaired) electrons. The summed E-state index contributed by atoms with van der Waals surface area (Å²) in [6, 6.07) is 9.57. The smallest absolute Gasteiger partial charge is 0.251 e. The maximum Gasteiger partial charge on any atom is 0.251 e. The number of fused-ring (bicyclic) bond motifs is 1. The molecule has 0 saturated heterocycles. The molecule has 0 spiro atoms. The Hall–Kier alpha value is -2.07. The number of carbonyl (C=O) groups is 1. The van der Waals surface area contributed by atoms with Crippen molar-refractivity contribution in [1.82, 2.24) is 10.6 Å². The molecule has 1 aliphatic heterocycles. The van der Waals surface area contributed by atoms with Gasteiger partial charge in [-0.25, -0.2) is 0 Å². The fourth-order valence-electron chi connectivity index (χ4n) is 2.42. The van der Waals surface area contributed by atoms with Crippen LogP contribution in [-0.4, -0.2) is 12.5 Å². The van der Waals surface area contributed by atoms with E-state index in [4.69, 9.17) is 4.42 Å². The first-order chi connectivity index (χ1) is 9.34. The number of carbonyl (C=O) groups excluding carboxylic acids is 1. The summed E-state index contributed by atoms with van der Waals surface area (Å²) in [5.74, 6) is 0.731. The average molecular weight is 256 g/mol. The Labute approximate surface area is 111 Å². The molecule has 2 heterocycles. The van der Waals surface area contributed by atoms with Crippen molar-refractivity contribution in [1.29, 1.82) is 0 Å². The summed E-state index contributed by atoms with van der Waals surface area (Å²) in [6.07, 6.45) is 2.51. The normalized spacial score (nSPS) is 13.9. The lowest BCUT2D eigenvalue weighted by atomic mass is 9.95. The van der Waals surface area contributed by atoms with E-state index in [0.717, 1.165) is 36.4 Å². The highest BCUT2D eigenvalue weighted by Crippen LogP contribution is 2.18. The highest BCUT2D eigenvalue weighted by Gasteiger charge is 2.17. The predicted octanol–water partition coefficient (Wildman–Crippen LogP) is 1.86. The molecule has 4 nitrogen and oxygen atoms in total. The first-order valence-electron chi connectivity index (χ1n) is 6.46. The van der Waals surface area contributed by atoms with E-state index in [2.05, 4.69) is 16.7 Å². The summed E-state index contributed by atoms with van der Waals surface area (Å²) in [6.45, 7) is 2.19. The van der Waals surface area contributed by atoms with Gasteiger partial charge in [0.2, 0.25) is 0 Å². The Bertz CT molecular complexity index is 576. The molecule has 1 aromatic heterocycles. The van der Waals surface area contributed by atoms with Gasteiger partial charge in [-0.2, -0.15) is 0 Å². The van der Waals surface area contributed by atoms with Crippen molar-refractivity contribution >= 4 is 5.91 Å². The van der Waals surface area contributed by atoms with Crippen molar-refractivity contribution in [3.8, 4) is 0 Å². The zero-order chi connectivity index (χ0) is 13.1. The minimum Gasteiger partial charge on any atom is -0.467 e. The SMILES string of the molecule is O=C(NCc1ccco1)c1cccc2c1CCNC2. The first-order valence-corrected chi connectivity index (χ1v) is 6.46. The Balaban J connectivity index is 1.76. The lowest BCUT2D eigenvalue weighted by Crippen LogP contribution is -2.29. The number of hydrogen-bond donors (Lipinski definition) is 2. The van der Waals surface area contributed by atoms with Crippen molar-refractivity contribution < 1.29 is 9.21 Å². The van der Waals surface area contributed by atoms with E-state index in [1.807, 2.05) is 24.3 Å². The number of furan rings is 1. The van der Waals surface area contributed by atoms with Crippen LogP contribution in [0.1, 0.15) is 27.2 Å². The quantitative estimate of drug-likeness (QED) is 0.881. The third-order valence-corrected chi connectivity index (χ3v) is 3.39. The van der Waals surface area contributed by atoms with Gasteiger partial charge in [0.05, 0.1) is 12.8 Å². The second-order valence-corrected chi connectivity index (χ2v) is 4.63. The van der Waals surface area contributed by atoms with Crippen molar-refractivity contribution in [2.45, 2.75) is 19.5 Å². The van der Waals surface area contributed by atoms with E-state index >= 15 is 0 Å². The van der Waals surface area contributed by atoms with Crippen molar-refractivity contribution in [2.75, 3.05) is 6.54 Å². The molecule has 0 aliphatic carbocycles. The van der Waals surface area contributed by atoms with Gasteiger partial charge >= 0.3 is 0 Å². The Morgan fingerprint density at radius 3 is 3.11 bits per heavy atom. The van der Waals surface area contributed by atoms with Crippen LogP contribution < -0.4 is 10.6 Å². The molecule has 1 aliphatic rings. The van der Waals surface area contributed by atoms with Gasteiger partial charge in [0, 0.05) is 12.1 Å². The molecule has 0 saturated carbocycles. The molecule has 1 amide bonds. The topological polar surface area (TPSA) is 54.3 Å². The molecule has 0 fully saturated rings. The van der Waals surface area contributed by atoms with E-state index in [9.17, 15) is 4.79 Å². The predicted molar refractivity (Wildman–Crippen MR) is 71.7 cm³/mol. The Kier molecular flexibility index (Phi) is 3.33. The molecular weight excluding hydrogens is 240 g/mol. The molecule has 2 aromatic rings. The molecule has 2 N–H and O–H groups in total. The number of benzene rings is 1. The van der Waals surface area contributed by atoms with Crippen LogP contribution in [0.2, 0.25) is 0 Å². The Morgan fingerprint density at radius 1 is 1.32 bits per heavy atom. The molecular formula is C15H16N2O2. The number of amides is 1. The van der Waals surface area contributed by atoms with E-state index in [1.165, 1.54) is 5.56 Å². The number of nitrogens with one attached hydrogen (secondary N) is 2. The number of rotatable bonds is 3. The van der Waals surface area contributed by atoms with Crippen LogP contribution in [0.4, 0.5) is 0 Å². The van der Waals surface area contributed by atoms with Gasteiger partial charge in [0.15, 0.2) is 0 Å². The largest absolute Gasteiger partial charge is 0.467 e. The summed E-state index contributed by atoms with van der Waals surface area (Å²) in [5.41, 5.74) is 3.17. The van der Waals surface area contributed by atoms with Crippen LogP contribution in [0.3, 0.4) is 0 Å². The standard InChI is InChI=1S/C15H16N2O2/c18-15(17-10-12-4-2-8-19-12)14-5-1-3-11-9-16-7-6-13(11)14/h1-5,8,16H,6-7,9-10H2,(H,17,18). The number of hydrogen-bond acceptors (Lipinski definition) is 3. The zero-order valence-corrected chi connectivity index (χ0v) is 10.6. The molecule has 0 atom stereocenters. The van der Waals surface area contributed by atoms with Crippen LogP contribution in [0.25, 0.3) is 0 Å². The van der Waals surface area contributed by atoms with Crippen molar-refractivity contribution in [3.05, 3.63) is 59.0 Å². The van der Waals surface area contributed by atoms with Crippen LogP contribution in [-0.2, 0) is 19.5 Å². The highest BCUT2D eigenvalue weighted by molar-refractivity contribution is 5.96. The van der Waals surface area contributed by atoms with Crippen LogP contribution in [0, 0.1) is 0 Å². The zero-order valence-electron chi connectivity index (χ0n) is 10.6. The van der Waals surface area contributed by atoms with Crippen LogP contribution in [0.5, 0.6) is 0 Å². The third kappa shape index (κ3) is 2.53. The molecule has 98 valence electrons. The monoisotopic (exact) mass is 256 g/mol. The maximum absolute atomic E-state index is 12.2.